The first kappa shape index (κ1) is 17.0. The molecule has 7 heteroatoms. The lowest BCUT2D eigenvalue weighted by Crippen LogP contribution is -2.53. The van der Waals surface area contributed by atoms with Crippen molar-refractivity contribution in [3.05, 3.63) is 0 Å². The molecule has 0 aromatic carbocycles. The number of piperidine rings is 1. The van der Waals surface area contributed by atoms with Crippen molar-refractivity contribution in [2.75, 3.05) is 13.1 Å². The van der Waals surface area contributed by atoms with E-state index in [1.165, 1.54) is 0 Å². The van der Waals surface area contributed by atoms with Gasteiger partial charge in [-0.3, -0.25) is 10.1 Å². The van der Waals surface area contributed by atoms with Crippen LogP contribution in [0.5, 0.6) is 0 Å². The largest absolute Gasteiger partial charge is 0.444 e. The molecule has 2 N–H and O–H groups in total. The molecular formula is C17H27N3O4. The van der Waals surface area contributed by atoms with Crippen LogP contribution in [-0.4, -0.2) is 47.2 Å². The van der Waals surface area contributed by atoms with E-state index >= 15 is 0 Å². The Kier molecular flexibility index (Phi) is 4.00. The summed E-state index contributed by atoms with van der Waals surface area (Å²) in [4.78, 5) is 37.4. The Morgan fingerprint density at radius 1 is 1.04 bits per heavy atom. The van der Waals surface area contributed by atoms with Crippen molar-refractivity contribution in [2.45, 2.75) is 70.4 Å². The first-order chi connectivity index (χ1) is 11.1. The van der Waals surface area contributed by atoms with E-state index in [1.54, 1.807) is 4.90 Å². The number of carbonyl (C=O) groups is 3. The van der Waals surface area contributed by atoms with Crippen LogP contribution >= 0.6 is 0 Å². The lowest BCUT2D eigenvalue weighted by Gasteiger charge is -2.47. The molecule has 4 amide bonds. The van der Waals surface area contributed by atoms with Crippen LogP contribution in [0.1, 0.15) is 59.3 Å². The van der Waals surface area contributed by atoms with E-state index in [1.807, 2.05) is 20.8 Å². The number of nitrogens with one attached hydrogen (secondary N) is 2. The normalized spacial score (nSPS) is 25.5. The highest BCUT2D eigenvalue weighted by Crippen LogP contribution is 2.48. The van der Waals surface area contributed by atoms with Gasteiger partial charge in [0.1, 0.15) is 11.1 Å². The van der Waals surface area contributed by atoms with E-state index in [4.69, 9.17) is 4.74 Å². The highest BCUT2D eigenvalue weighted by atomic mass is 16.6. The van der Waals surface area contributed by atoms with Crippen LogP contribution < -0.4 is 10.6 Å². The first-order valence-electron chi connectivity index (χ1n) is 8.75. The molecule has 1 aliphatic carbocycles. The minimum atomic E-state index is -0.704. The molecule has 2 spiro atoms. The van der Waals surface area contributed by atoms with Gasteiger partial charge in [0.15, 0.2) is 0 Å². The molecule has 0 radical (unpaired) electrons. The molecule has 134 valence electrons. The zero-order valence-electron chi connectivity index (χ0n) is 14.7. The zero-order valence-corrected chi connectivity index (χ0v) is 14.7. The molecule has 3 aliphatic rings. The summed E-state index contributed by atoms with van der Waals surface area (Å²) < 4.78 is 5.44. The Balaban J connectivity index is 1.55. The third-order valence-electron chi connectivity index (χ3n) is 5.65. The molecule has 0 aromatic heterocycles. The summed E-state index contributed by atoms with van der Waals surface area (Å²) in [5.74, 6) is -0.187. The van der Waals surface area contributed by atoms with Crippen LogP contribution in [0.2, 0.25) is 0 Å². The second kappa shape index (κ2) is 5.63. The number of nitrogens with zero attached hydrogens (tertiary/aromatic N) is 1. The van der Waals surface area contributed by atoms with Gasteiger partial charge in [-0.15, -0.1) is 0 Å². The SMILES string of the molecule is CC(C)(C)OC(=O)N1CCC2(CC1)CCC1(CC2)NC(=O)NC1=O. The number of urea groups is 1. The minimum Gasteiger partial charge on any atom is -0.444 e. The number of ether oxygens (including phenoxy) is 1. The molecule has 0 aromatic rings. The number of rotatable bonds is 0. The zero-order chi connectivity index (χ0) is 17.6. The van der Waals surface area contributed by atoms with Gasteiger partial charge in [0.05, 0.1) is 0 Å². The van der Waals surface area contributed by atoms with Crippen molar-refractivity contribution in [3.63, 3.8) is 0 Å². The van der Waals surface area contributed by atoms with E-state index in [-0.39, 0.29) is 23.4 Å². The average molecular weight is 337 g/mol. The molecule has 2 aliphatic heterocycles. The third kappa shape index (κ3) is 3.21. The molecule has 0 unspecified atom stereocenters. The maximum absolute atomic E-state index is 12.2. The highest BCUT2D eigenvalue weighted by molar-refractivity contribution is 6.07. The fourth-order valence-corrected chi connectivity index (χ4v) is 4.08. The maximum Gasteiger partial charge on any atom is 0.410 e. The molecular weight excluding hydrogens is 310 g/mol. The van der Waals surface area contributed by atoms with Crippen molar-refractivity contribution in [2.24, 2.45) is 5.41 Å². The Morgan fingerprint density at radius 2 is 1.62 bits per heavy atom. The van der Waals surface area contributed by atoms with E-state index < -0.39 is 11.1 Å². The van der Waals surface area contributed by atoms with Gasteiger partial charge < -0.3 is 15.0 Å². The van der Waals surface area contributed by atoms with E-state index in [0.717, 1.165) is 25.7 Å². The van der Waals surface area contributed by atoms with Gasteiger partial charge in [0.2, 0.25) is 0 Å². The van der Waals surface area contributed by atoms with Crippen LogP contribution in [-0.2, 0) is 9.53 Å². The Morgan fingerprint density at radius 3 is 2.08 bits per heavy atom. The van der Waals surface area contributed by atoms with E-state index in [0.29, 0.717) is 25.9 Å². The highest BCUT2D eigenvalue weighted by Gasteiger charge is 2.52. The van der Waals surface area contributed by atoms with Gasteiger partial charge in [-0.2, -0.15) is 0 Å². The summed E-state index contributed by atoms with van der Waals surface area (Å²) in [6, 6.07) is -0.379. The summed E-state index contributed by atoms with van der Waals surface area (Å²) in [6.07, 6.45) is 4.78. The van der Waals surface area contributed by atoms with Gasteiger partial charge in [0, 0.05) is 13.1 Å². The van der Waals surface area contributed by atoms with Gasteiger partial charge >= 0.3 is 12.1 Å². The van der Waals surface area contributed by atoms with Gasteiger partial charge in [-0.1, -0.05) is 0 Å². The summed E-state index contributed by atoms with van der Waals surface area (Å²) in [5.41, 5.74) is -1.00. The molecule has 7 nitrogen and oxygen atoms in total. The second-order valence-corrected chi connectivity index (χ2v) is 8.46. The average Bonchev–Trinajstić information content (AvgIpc) is 2.76. The monoisotopic (exact) mass is 337 g/mol. The minimum absolute atomic E-state index is 0.178. The number of amides is 4. The lowest BCUT2D eigenvalue weighted by molar-refractivity contribution is -0.126. The Bertz CT molecular complexity index is 549. The standard InChI is InChI=1S/C17H27N3O4/c1-15(2,3)24-14(23)20-10-8-16(9-11-20)4-6-17(7-5-16)12(21)18-13(22)19-17/h4-11H2,1-3H3,(H2,18,19,21,22). The van der Waals surface area contributed by atoms with Crippen LogP contribution in [0.4, 0.5) is 9.59 Å². The second-order valence-electron chi connectivity index (χ2n) is 8.46. The molecule has 0 bridgehead atoms. The van der Waals surface area contributed by atoms with Crippen LogP contribution in [0.3, 0.4) is 0 Å². The molecule has 0 atom stereocenters. The predicted octanol–water partition coefficient (Wildman–Crippen LogP) is 2.16. The van der Waals surface area contributed by atoms with E-state index in [9.17, 15) is 14.4 Å². The van der Waals surface area contributed by atoms with Crippen molar-refractivity contribution in [1.29, 1.82) is 0 Å². The third-order valence-corrected chi connectivity index (χ3v) is 5.65. The molecule has 2 saturated heterocycles. The van der Waals surface area contributed by atoms with Crippen LogP contribution in [0.15, 0.2) is 0 Å². The van der Waals surface area contributed by atoms with Gasteiger partial charge in [-0.25, -0.2) is 9.59 Å². The summed E-state index contributed by atoms with van der Waals surface area (Å²) in [5, 5.41) is 5.16. The predicted molar refractivity (Wildman–Crippen MR) is 87.3 cm³/mol. The number of likely N-dealkylation sites (tertiary alicyclic amines) is 1. The van der Waals surface area contributed by atoms with Crippen molar-refractivity contribution < 1.29 is 19.1 Å². The molecule has 3 rings (SSSR count). The van der Waals surface area contributed by atoms with Gasteiger partial charge in [-0.05, 0) is 64.7 Å². The molecule has 24 heavy (non-hydrogen) atoms. The van der Waals surface area contributed by atoms with Crippen molar-refractivity contribution in [3.8, 4) is 0 Å². The number of imide groups is 1. The summed E-state index contributed by atoms with van der Waals surface area (Å²) in [7, 11) is 0. The van der Waals surface area contributed by atoms with Gasteiger partial charge in [0.25, 0.3) is 5.91 Å². The topological polar surface area (TPSA) is 87.7 Å². The van der Waals surface area contributed by atoms with Crippen molar-refractivity contribution >= 4 is 18.0 Å². The molecule has 2 heterocycles. The Hall–Kier alpha value is -1.79. The fourth-order valence-electron chi connectivity index (χ4n) is 4.08. The van der Waals surface area contributed by atoms with Crippen LogP contribution in [0.25, 0.3) is 0 Å². The maximum atomic E-state index is 12.2. The first-order valence-corrected chi connectivity index (χ1v) is 8.75. The summed E-state index contributed by atoms with van der Waals surface area (Å²) in [6.45, 7) is 7.01. The van der Waals surface area contributed by atoms with Crippen LogP contribution in [0, 0.1) is 5.41 Å². The smallest absolute Gasteiger partial charge is 0.410 e. The Labute approximate surface area is 142 Å². The molecule has 1 saturated carbocycles. The summed E-state index contributed by atoms with van der Waals surface area (Å²) >= 11 is 0. The van der Waals surface area contributed by atoms with E-state index in [2.05, 4.69) is 10.6 Å². The van der Waals surface area contributed by atoms with Crippen molar-refractivity contribution in [1.82, 2.24) is 15.5 Å². The fraction of sp³-hybridized carbons (Fsp3) is 0.824. The number of carbonyl (C=O) groups excluding carboxylic acids is 3. The lowest BCUT2D eigenvalue weighted by atomic mass is 9.63. The molecule has 3 fully saturated rings. The number of hydrogen-bond donors (Lipinski definition) is 2. The quantitative estimate of drug-likeness (QED) is 0.663. The number of hydrogen-bond acceptors (Lipinski definition) is 4.